The number of halogens is 2. The van der Waals surface area contributed by atoms with Crippen molar-refractivity contribution < 1.29 is 0 Å². The lowest BCUT2D eigenvalue weighted by molar-refractivity contribution is 0.815. The average Bonchev–Trinajstić information content (AvgIpc) is 3.73. The van der Waals surface area contributed by atoms with Gasteiger partial charge in [0.15, 0.2) is 0 Å². The van der Waals surface area contributed by atoms with Crippen LogP contribution in [0.4, 0.5) is 0 Å². The van der Waals surface area contributed by atoms with E-state index in [4.69, 9.17) is 33.3 Å². The summed E-state index contributed by atoms with van der Waals surface area (Å²) in [5.74, 6) is 0. The second-order valence-corrected chi connectivity index (χ2v) is 11.7. The topological polar surface area (TPSA) is 35.6 Å². The Hall–Kier alpha value is -2.82. The van der Waals surface area contributed by atoms with Crippen molar-refractivity contribution in [2.75, 3.05) is 0 Å². The smallest absolute Gasteiger partial charge is 0.0793 e. The number of hydrogen-bond acceptors (Lipinski definition) is 2. The van der Waals surface area contributed by atoms with E-state index in [2.05, 4.69) is 78.2 Å². The monoisotopic (exact) mass is 602 g/mol. The van der Waals surface area contributed by atoms with Crippen molar-refractivity contribution >= 4 is 68.7 Å². The van der Waals surface area contributed by atoms with Crippen LogP contribution in [0.3, 0.4) is 0 Å². The second-order valence-electron chi connectivity index (χ2n) is 11.0. The van der Waals surface area contributed by atoms with Crippen LogP contribution in [0.15, 0.2) is 12.1 Å². The molecule has 222 valence electrons. The molecule has 0 saturated heterocycles. The maximum absolute atomic E-state index is 7.19. The van der Waals surface area contributed by atoms with Crippen molar-refractivity contribution in [1.82, 2.24) is 18.6 Å². The summed E-state index contributed by atoms with van der Waals surface area (Å²) >= 11 is 14.3. The largest absolute Gasteiger partial charge is 0.341 e. The molecule has 2 aliphatic heterocycles. The predicted octanol–water partition coefficient (Wildman–Crippen LogP) is 10.6. The maximum atomic E-state index is 7.19. The highest BCUT2D eigenvalue weighted by atomic mass is 35.5. The van der Waals surface area contributed by atoms with E-state index in [0.29, 0.717) is 5.02 Å². The molecular weight excluding hydrogens is 559 g/mol. The van der Waals surface area contributed by atoms with Gasteiger partial charge in [0.2, 0.25) is 0 Å². The molecule has 5 heterocycles. The van der Waals surface area contributed by atoms with Crippen LogP contribution in [0, 0.1) is 0 Å². The van der Waals surface area contributed by atoms with Gasteiger partial charge in [-0.25, -0.2) is 9.97 Å². The molecule has 42 heavy (non-hydrogen) atoms. The zero-order valence-corrected chi connectivity index (χ0v) is 28.0. The molecule has 3 aromatic rings. The van der Waals surface area contributed by atoms with Gasteiger partial charge in [0.25, 0.3) is 0 Å². The van der Waals surface area contributed by atoms with Gasteiger partial charge in [-0.2, -0.15) is 0 Å². The second kappa shape index (κ2) is 12.4. The molecule has 3 aromatic heterocycles. The minimum Gasteiger partial charge on any atom is -0.341 e. The van der Waals surface area contributed by atoms with E-state index in [9.17, 15) is 0 Å². The van der Waals surface area contributed by atoms with Crippen molar-refractivity contribution in [3.8, 4) is 0 Å². The lowest BCUT2D eigenvalue weighted by Crippen LogP contribution is -2.01. The Morgan fingerprint density at radius 2 is 1.07 bits per heavy atom. The lowest BCUT2D eigenvalue weighted by Gasteiger charge is -2.11. The predicted molar refractivity (Wildman–Crippen MR) is 183 cm³/mol. The highest BCUT2D eigenvalue weighted by Crippen LogP contribution is 2.42. The summed E-state index contributed by atoms with van der Waals surface area (Å²) < 4.78 is 4.28. The van der Waals surface area contributed by atoms with E-state index in [1.807, 2.05) is 6.07 Å². The molecular formula is C36H44Cl2N4. The number of hydrogen-bond donors (Lipinski definition) is 0. The third-order valence-corrected chi connectivity index (χ3v) is 9.82. The van der Waals surface area contributed by atoms with E-state index in [1.54, 1.807) is 4.09 Å². The number of aromatic nitrogens is 4. The van der Waals surface area contributed by atoms with Gasteiger partial charge >= 0.3 is 0 Å². The molecule has 0 aliphatic carbocycles. The summed E-state index contributed by atoms with van der Waals surface area (Å²) in [5.41, 5.74) is 17.5. The minimum absolute atomic E-state index is 0.692. The lowest BCUT2D eigenvalue weighted by atomic mass is 9.93. The summed E-state index contributed by atoms with van der Waals surface area (Å²) in [4.78, 5) is 10.6. The van der Waals surface area contributed by atoms with Crippen molar-refractivity contribution in [1.29, 1.82) is 0 Å². The standard InChI is InChI=1S/C36H44Cl2N4/c1-9-23-26(12-4)35-28(14-6)33-24(10-2)25(11-3)34(40-33)29(15-7)36-27(13-5)32(37)31(42(36)38)20-22-18-17-21(39-22)19-30(23)41(35)16-8/h17-20H,9-16H2,1-8H3. The summed E-state index contributed by atoms with van der Waals surface area (Å²) in [6, 6.07) is 4.28. The van der Waals surface area contributed by atoms with Crippen molar-refractivity contribution in [2.24, 2.45) is 0 Å². The molecule has 0 fully saturated rings. The molecule has 0 atom stereocenters. The van der Waals surface area contributed by atoms with Crippen LogP contribution in [0.1, 0.15) is 119 Å². The van der Waals surface area contributed by atoms with Crippen LogP contribution in [-0.4, -0.2) is 18.6 Å². The number of fused-ring (bicyclic) bond motifs is 8. The molecule has 2 aliphatic rings. The molecule has 0 amide bonds. The Morgan fingerprint density at radius 1 is 0.571 bits per heavy atom. The van der Waals surface area contributed by atoms with Crippen LogP contribution in [0.25, 0.3) is 45.4 Å². The molecule has 4 nitrogen and oxygen atoms in total. The zero-order chi connectivity index (χ0) is 30.3. The van der Waals surface area contributed by atoms with Gasteiger partial charge in [-0.05, 0) is 104 Å². The first-order chi connectivity index (χ1) is 20.3. The van der Waals surface area contributed by atoms with E-state index in [0.717, 1.165) is 96.4 Å². The highest BCUT2D eigenvalue weighted by molar-refractivity contribution is 6.37. The van der Waals surface area contributed by atoms with Crippen LogP contribution >= 0.6 is 23.4 Å². The van der Waals surface area contributed by atoms with Gasteiger partial charge < -0.3 is 4.57 Å². The van der Waals surface area contributed by atoms with E-state index < -0.39 is 0 Å². The van der Waals surface area contributed by atoms with E-state index >= 15 is 0 Å². The number of rotatable bonds is 8. The first kappa shape index (κ1) is 30.6. The number of allylic oxidation sites excluding steroid dienone is 2. The van der Waals surface area contributed by atoms with Gasteiger partial charge in [-0.15, -0.1) is 0 Å². The molecule has 6 heteroatoms. The molecule has 0 saturated carbocycles. The van der Waals surface area contributed by atoms with Crippen molar-refractivity contribution in [3.63, 3.8) is 0 Å². The molecule has 0 aromatic carbocycles. The Morgan fingerprint density at radius 3 is 1.55 bits per heavy atom. The fourth-order valence-corrected chi connectivity index (χ4v) is 7.95. The molecule has 0 radical (unpaired) electrons. The maximum Gasteiger partial charge on any atom is 0.0793 e. The third-order valence-electron chi connectivity index (χ3n) is 9.05. The minimum atomic E-state index is 0.692. The fourth-order valence-electron chi connectivity index (χ4n) is 7.21. The highest BCUT2D eigenvalue weighted by Gasteiger charge is 2.27. The summed E-state index contributed by atoms with van der Waals surface area (Å²) in [5, 5.41) is 0.692. The van der Waals surface area contributed by atoms with E-state index in [1.165, 1.54) is 38.9 Å². The normalized spacial score (nSPS) is 13.1. The molecule has 5 rings (SSSR count). The summed E-state index contributed by atoms with van der Waals surface area (Å²) in [6.45, 7) is 18.9. The molecule has 0 unspecified atom stereocenters. The first-order valence-electron chi connectivity index (χ1n) is 15.9. The van der Waals surface area contributed by atoms with Crippen molar-refractivity contribution in [3.05, 3.63) is 67.7 Å². The SMILES string of the molecule is CCC1=C(CC)c2nc1c(CC)c1c(CC)c(Cl)c(cc3nc(cc4c(CC)c(CC)c(c2CC)n4CC)C=C3)n1Cl. The van der Waals surface area contributed by atoms with Crippen LogP contribution in [-0.2, 0) is 38.6 Å². The number of aryl methyl sites for hydroxylation is 6. The Balaban J connectivity index is 2.18. The van der Waals surface area contributed by atoms with Gasteiger partial charge in [0.05, 0.1) is 44.3 Å². The Labute approximate surface area is 261 Å². The van der Waals surface area contributed by atoms with Crippen LogP contribution in [0.2, 0.25) is 5.02 Å². The quantitative estimate of drug-likeness (QED) is 0.201. The van der Waals surface area contributed by atoms with Crippen LogP contribution in [0.5, 0.6) is 0 Å². The molecule has 0 spiro atoms. The van der Waals surface area contributed by atoms with Gasteiger partial charge in [-0.3, -0.25) is 4.09 Å². The molecule has 0 N–H and O–H groups in total. The van der Waals surface area contributed by atoms with Gasteiger partial charge in [-0.1, -0.05) is 60.1 Å². The van der Waals surface area contributed by atoms with Gasteiger partial charge in [0.1, 0.15) is 0 Å². The summed E-state index contributed by atoms with van der Waals surface area (Å²) in [7, 11) is 0. The van der Waals surface area contributed by atoms with Crippen LogP contribution < -0.4 is 0 Å². The van der Waals surface area contributed by atoms with Crippen molar-refractivity contribution in [2.45, 2.75) is 107 Å². The Bertz CT molecular complexity index is 1780. The average molecular weight is 604 g/mol. The first-order valence-corrected chi connectivity index (χ1v) is 16.6. The third kappa shape index (κ3) is 4.66. The fraction of sp³-hybridized carbons (Fsp3) is 0.444. The number of nitrogens with zero attached hydrogens (tertiary/aromatic N) is 4. The zero-order valence-electron chi connectivity index (χ0n) is 26.5. The van der Waals surface area contributed by atoms with Gasteiger partial charge in [0, 0.05) is 35.0 Å². The molecule has 8 bridgehead atoms. The van der Waals surface area contributed by atoms with E-state index in [-0.39, 0.29) is 0 Å². The summed E-state index contributed by atoms with van der Waals surface area (Å²) in [6.07, 6.45) is 10.4. The Kier molecular flexibility index (Phi) is 9.06.